The Balaban J connectivity index is 2.13. The Morgan fingerprint density at radius 3 is 2.07 bits per heavy atom. The van der Waals surface area contributed by atoms with Crippen molar-refractivity contribution in [3.05, 3.63) is 27.8 Å². The number of ether oxygens (including phenoxy) is 1. The van der Waals surface area contributed by atoms with Crippen molar-refractivity contribution in [2.75, 3.05) is 7.05 Å². The molecule has 7 atom stereocenters. The molecule has 1 aromatic rings. The van der Waals surface area contributed by atoms with Gasteiger partial charge in [0.25, 0.3) is 0 Å². The normalized spacial score (nSPS) is 41.8. The third kappa shape index (κ3) is 2.14. The second kappa shape index (κ2) is 6.00. The highest BCUT2D eigenvalue weighted by Crippen LogP contribution is 2.66. The van der Waals surface area contributed by atoms with Gasteiger partial charge >= 0.3 is 0 Å². The first kappa shape index (κ1) is 20.3. The van der Waals surface area contributed by atoms with Crippen molar-refractivity contribution < 1.29 is 4.74 Å². The van der Waals surface area contributed by atoms with Crippen molar-refractivity contribution in [3.8, 4) is 5.75 Å². The Kier molecular flexibility index (Phi) is 4.34. The van der Waals surface area contributed by atoms with Crippen LogP contribution in [0.5, 0.6) is 5.75 Å². The lowest BCUT2D eigenvalue weighted by molar-refractivity contribution is -0.0793. The minimum absolute atomic E-state index is 0.112. The van der Waals surface area contributed by atoms with Crippen molar-refractivity contribution in [3.63, 3.8) is 0 Å². The van der Waals surface area contributed by atoms with Crippen LogP contribution in [0.2, 0.25) is 0 Å². The van der Waals surface area contributed by atoms with E-state index in [1.807, 2.05) is 0 Å². The van der Waals surface area contributed by atoms with Gasteiger partial charge in [-0.2, -0.15) is 0 Å². The van der Waals surface area contributed by atoms with E-state index in [9.17, 15) is 0 Å². The molecule has 0 aromatic heterocycles. The predicted molar refractivity (Wildman–Crippen MR) is 118 cm³/mol. The van der Waals surface area contributed by atoms with Gasteiger partial charge in [0, 0.05) is 23.1 Å². The summed E-state index contributed by atoms with van der Waals surface area (Å²) in [6.07, 6.45) is 1.44. The molecule has 1 spiro atoms. The minimum atomic E-state index is 0.112. The second-order valence-electron chi connectivity index (χ2n) is 11.2. The molecule has 2 heteroatoms. The molecule has 156 valence electrons. The zero-order valence-electron chi connectivity index (χ0n) is 20.0. The van der Waals surface area contributed by atoms with Crippen LogP contribution in [0.25, 0.3) is 0 Å². The summed E-state index contributed by atoms with van der Waals surface area (Å²) in [7, 11) is 2.33. The van der Waals surface area contributed by atoms with E-state index in [1.165, 1.54) is 22.4 Å². The highest BCUT2D eigenvalue weighted by Gasteiger charge is 2.65. The molecular weight excluding hydrogens is 342 g/mol. The number of nitrogens with zero attached hydrogens (tertiary/aromatic N) is 1. The fourth-order valence-corrected chi connectivity index (χ4v) is 7.38. The lowest BCUT2D eigenvalue weighted by atomic mass is 9.47. The van der Waals surface area contributed by atoms with Crippen LogP contribution in [-0.4, -0.2) is 24.1 Å². The van der Waals surface area contributed by atoms with Crippen molar-refractivity contribution in [1.82, 2.24) is 4.90 Å². The molecule has 2 aliphatic heterocycles. The molecule has 2 heterocycles. The lowest BCUT2D eigenvalue weighted by Gasteiger charge is -2.57. The molecule has 1 saturated carbocycles. The van der Waals surface area contributed by atoms with E-state index >= 15 is 0 Å². The van der Waals surface area contributed by atoms with Crippen molar-refractivity contribution in [2.24, 2.45) is 23.2 Å². The van der Waals surface area contributed by atoms with Crippen molar-refractivity contribution >= 4 is 0 Å². The summed E-state index contributed by atoms with van der Waals surface area (Å²) in [4.78, 5) is 2.63. The Bertz CT molecular complexity index is 824. The van der Waals surface area contributed by atoms with E-state index in [0.717, 1.165) is 6.42 Å². The quantitative estimate of drug-likeness (QED) is 0.518. The minimum Gasteiger partial charge on any atom is -0.489 e. The maximum Gasteiger partial charge on any atom is 0.127 e. The smallest absolute Gasteiger partial charge is 0.127 e. The molecule has 0 radical (unpaired) electrons. The topological polar surface area (TPSA) is 12.5 Å². The summed E-state index contributed by atoms with van der Waals surface area (Å²) >= 11 is 0. The van der Waals surface area contributed by atoms with Gasteiger partial charge in [0.05, 0.1) is 0 Å². The second-order valence-corrected chi connectivity index (χ2v) is 11.2. The van der Waals surface area contributed by atoms with E-state index in [2.05, 4.69) is 81.2 Å². The van der Waals surface area contributed by atoms with Crippen LogP contribution in [0.1, 0.15) is 88.7 Å². The largest absolute Gasteiger partial charge is 0.489 e. The predicted octanol–water partition coefficient (Wildman–Crippen LogP) is 6.34. The summed E-state index contributed by atoms with van der Waals surface area (Å²) in [5.41, 5.74) is 7.86. The average Bonchev–Trinajstić information content (AvgIpc) is 2.94. The van der Waals surface area contributed by atoms with Crippen LogP contribution in [-0.2, 0) is 5.41 Å². The maximum absolute atomic E-state index is 6.99. The molecule has 1 aliphatic carbocycles. The zero-order valence-corrected chi connectivity index (χ0v) is 20.0. The fraction of sp³-hybridized carbons (Fsp3) is 0.769. The van der Waals surface area contributed by atoms with Gasteiger partial charge in [-0.3, -0.25) is 4.90 Å². The van der Waals surface area contributed by atoms with Gasteiger partial charge in [-0.25, -0.2) is 0 Å². The van der Waals surface area contributed by atoms with Crippen LogP contribution in [0.4, 0.5) is 0 Å². The number of benzene rings is 1. The van der Waals surface area contributed by atoms with Crippen LogP contribution in [0, 0.1) is 43.9 Å². The summed E-state index contributed by atoms with van der Waals surface area (Å²) in [5.74, 6) is 3.06. The number of hydrogen-bond acceptors (Lipinski definition) is 2. The Hall–Kier alpha value is -1.02. The van der Waals surface area contributed by atoms with Crippen molar-refractivity contribution in [2.45, 2.75) is 99.3 Å². The standard InChI is InChI=1S/C26H41NO/c1-13-14(2)22-20(8)27(11)19(7)18(6)26-17(5)16(4)25(9,10)12-21(26)28-24(15(13)3)23(22)26/h16-21H,12H2,1-11H3/t16?,17?,18-,19?,20?,21?,26?/m1/s1. The first-order valence-electron chi connectivity index (χ1n) is 11.4. The summed E-state index contributed by atoms with van der Waals surface area (Å²) in [6, 6.07) is 0.944. The fourth-order valence-electron chi connectivity index (χ4n) is 7.38. The van der Waals surface area contributed by atoms with E-state index in [1.54, 1.807) is 11.1 Å². The molecule has 0 bridgehead atoms. The van der Waals surface area contributed by atoms with Crippen LogP contribution >= 0.6 is 0 Å². The molecule has 0 saturated heterocycles. The molecule has 3 aliphatic rings. The van der Waals surface area contributed by atoms with Crippen LogP contribution in [0.3, 0.4) is 0 Å². The maximum atomic E-state index is 6.99. The van der Waals surface area contributed by atoms with Crippen LogP contribution < -0.4 is 4.74 Å². The highest BCUT2D eigenvalue weighted by molar-refractivity contribution is 5.63. The number of rotatable bonds is 0. The molecule has 1 fully saturated rings. The SMILES string of the molecule is Cc1c(C)c2c3c(c1C)C(C)N(C)C(C)[C@@H](C)C31C(CC(C)(C)C(C)C1C)O2. The van der Waals surface area contributed by atoms with E-state index < -0.39 is 0 Å². The Morgan fingerprint density at radius 1 is 0.857 bits per heavy atom. The third-order valence-corrected chi connectivity index (χ3v) is 10.2. The third-order valence-electron chi connectivity index (χ3n) is 10.2. The van der Waals surface area contributed by atoms with Gasteiger partial charge in [-0.1, -0.05) is 34.6 Å². The van der Waals surface area contributed by atoms with E-state index in [-0.39, 0.29) is 5.41 Å². The first-order chi connectivity index (χ1) is 12.9. The summed E-state index contributed by atoms with van der Waals surface area (Å²) in [6.45, 7) is 24.2. The summed E-state index contributed by atoms with van der Waals surface area (Å²) in [5, 5.41) is 0. The molecule has 28 heavy (non-hydrogen) atoms. The Morgan fingerprint density at radius 2 is 1.46 bits per heavy atom. The molecule has 2 nitrogen and oxygen atoms in total. The van der Waals surface area contributed by atoms with Crippen molar-refractivity contribution in [1.29, 1.82) is 0 Å². The van der Waals surface area contributed by atoms with Gasteiger partial charge in [0.15, 0.2) is 0 Å². The number of hydrogen-bond donors (Lipinski definition) is 0. The van der Waals surface area contributed by atoms with Gasteiger partial charge in [0.2, 0.25) is 0 Å². The van der Waals surface area contributed by atoms with E-state index in [4.69, 9.17) is 4.74 Å². The highest BCUT2D eigenvalue weighted by atomic mass is 16.5. The van der Waals surface area contributed by atoms with Gasteiger partial charge in [-0.15, -0.1) is 0 Å². The summed E-state index contributed by atoms with van der Waals surface area (Å²) < 4.78 is 6.99. The molecule has 0 N–H and O–H groups in total. The molecule has 6 unspecified atom stereocenters. The van der Waals surface area contributed by atoms with E-state index in [0.29, 0.717) is 41.4 Å². The monoisotopic (exact) mass is 383 g/mol. The molecule has 1 aromatic carbocycles. The first-order valence-corrected chi connectivity index (χ1v) is 11.4. The zero-order chi connectivity index (χ0) is 20.9. The lowest BCUT2D eigenvalue weighted by Crippen LogP contribution is -2.60. The van der Waals surface area contributed by atoms with Gasteiger partial charge in [-0.05, 0) is 93.5 Å². The van der Waals surface area contributed by atoms with Gasteiger partial charge in [0.1, 0.15) is 11.9 Å². The van der Waals surface area contributed by atoms with Crippen LogP contribution in [0.15, 0.2) is 0 Å². The average molecular weight is 384 g/mol. The van der Waals surface area contributed by atoms with Gasteiger partial charge < -0.3 is 4.74 Å². The Labute approximate surface area is 173 Å². The molecule has 4 rings (SSSR count). The molecular formula is C26H41NO. The molecule has 0 amide bonds.